The molecule has 100 valence electrons. The average Bonchev–Trinajstić information content (AvgIpc) is 2.37. The van der Waals surface area contributed by atoms with Crippen LogP contribution in [0.15, 0.2) is 18.2 Å². The lowest BCUT2D eigenvalue weighted by Crippen LogP contribution is -2.10. The van der Waals surface area contributed by atoms with Crippen LogP contribution in [-0.4, -0.2) is 32.7 Å². The molecule has 1 aromatic carbocycles. The highest BCUT2D eigenvalue weighted by Crippen LogP contribution is 2.28. The van der Waals surface area contributed by atoms with Gasteiger partial charge in [-0.05, 0) is 25.5 Å². The van der Waals surface area contributed by atoms with Gasteiger partial charge in [0.15, 0.2) is 5.78 Å². The van der Waals surface area contributed by atoms with Gasteiger partial charge in [0.2, 0.25) is 0 Å². The Morgan fingerprint density at radius 3 is 2.50 bits per heavy atom. The number of benzene rings is 1. The highest BCUT2D eigenvalue weighted by Gasteiger charge is 2.14. The Morgan fingerprint density at radius 1 is 1.17 bits per heavy atom. The van der Waals surface area contributed by atoms with E-state index in [0.717, 1.165) is 13.0 Å². The molecule has 0 aliphatic heterocycles. The molecule has 0 amide bonds. The Bertz CT molecular complexity index is 387. The number of ether oxygens (including phenoxy) is 3. The molecule has 0 atom stereocenters. The minimum atomic E-state index is -0.0723. The van der Waals surface area contributed by atoms with Crippen LogP contribution in [0.1, 0.15) is 30.6 Å². The number of hydrogen-bond donors (Lipinski definition) is 0. The van der Waals surface area contributed by atoms with Crippen molar-refractivity contribution in [1.29, 1.82) is 0 Å². The van der Waals surface area contributed by atoms with Crippen LogP contribution in [0.2, 0.25) is 0 Å². The molecule has 0 spiro atoms. The summed E-state index contributed by atoms with van der Waals surface area (Å²) in [6.45, 7) is 5.21. The van der Waals surface area contributed by atoms with E-state index < -0.39 is 0 Å². The van der Waals surface area contributed by atoms with Crippen LogP contribution >= 0.6 is 0 Å². The third kappa shape index (κ3) is 4.04. The van der Waals surface area contributed by atoms with Gasteiger partial charge in [-0.15, -0.1) is 0 Å². The van der Waals surface area contributed by atoms with Crippen LogP contribution in [0.5, 0.6) is 11.5 Å². The van der Waals surface area contributed by atoms with Gasteiger partial charge in [0.05, 0.1) is 13.7 Å². The Kier molecular flexibility index (Phi) is 6.22. The number of ketones is 1. The van der Waals surface area contributed by atoms with Crippen LogP contribution in [0, 0.1) is 0 Å². The first-order chi connectivity index (χ1) is 8.70. The second-order valence-electron chi connectivity index (χ2n) is 3.85. The van der Waals surface area contributed by atoms with Crippen LogP contribution < -0.4 is 9.47 Å². The standard InChI is InChI=1S/C14H20O4/c1-4-8-17-9-10-18-13-7-5-6-12(16-3)14(13)11(2)15/h5-7H,4,8-10H2,1-3H3. The third-order valence-electron chi connectivity index (χ3n) is 2.39. The quantitative estimate of drug-likeness (QED) is 0.527. The number of methoxy groups -OCH3 is 1. The maximum absolute atomic E-state index is 11.6. The summed E-state index contributed by atoms with van der Waals surface area (Å²) in [7, 11) is 1.54. The third-order valence-corrected chi connectivity index (χ3v) is 2.39. The molecule has 0 fully saturated rings. The smallest absolute Gasteiger partial charge is 0.167 e. The van der Waals surface area contributed by atoms with E-state index in [4.69, 9.17) is 14.2 Å². The van der Waals surface area contributed by atoms with E-state index in [9.17, 15) is 4.79 Å². The summed E-state index contributed by atoms with van der Waals surface area (Å²) >= 11 is 0. The molecule has 0 radical (unpaired) electrons. The molecule has 1 aromatic rings. The van der Waals surface area contributed by atoms with Gasteiger partial charge < -0.3 is 14.2 Å². The van der Waals surface area contributed by atoms with Gasteiger partial charge in [0.1, 0.15) is 23.7 Å². The number of carbonyl (C=O) groups excluding carboxylic acids is 1. The lowest BCUT2D eigenvalue weighted by Gasteiger charge is -2.12. The molecular weight excluding hydrogens is 232 g/mol. The summed E-state index contributed by atoms with van der Waals surface area (Å²) < 4.78 is 16.0. The van der Waals surface area contributed by atoms with Crippen LogP contribution in [0.4, 0.5) is 0 Å². The van der Waals surface area contributed by atoms with Gasteiger partial charge in [0.25, 0.3) is 0 Å². The maximum Gasteiger partial charge on any atom is 0.167 e. The Labute approximate surface area is 108 Å². The van der Waals surface area contributed by atoms with E-state index in [2.05, 4.69) is 6.92 Å². The van der Waals surface area contributed by atoms with E-state index in [1.165, 1.54) is 14.0 Å². The first-order valence-corrected chi connectivity index (χ1v) is 6.09. The summed E-state index contributed by atoms with van der Waals surface area (Å²) in [4.78, 5) is 11.6. The topological polar surface area (TPSA) is 44.8 Å². The van der Waals surface area contributed by atoms with Crippen LogP contribution in [-0.2, 0) is 4.74 Å². The van der Waals surface area contributed by atoms with Crippen LogP contribution in [0.25, 0.3) is 0 Å². The van der Waals surface area contributed by atoms with Gasteiger partial charge in [-0.3, -0.25) is 4.79 Å². The van der Waals surface area contributed by atoms with Crippen molar-refractivity contribution in [3.63, 3.8) is 0 Å². The second kappa shape index (κ2) is 7.71. The van der Waals surface area contributed by atoms with E-state index in [-0.39, 0.29) is 5.78 Å². The van der Waals surface area contributed by atoms with E-state index in [1.807, 2.05) is 0 Å². The Balaban J connectivity index is 2.67. The summed E-state index contributed by atoms with van der Waals surface area (Å²) in [5.41, 5.74) is 0.482. The zero-order valence-corrected chi connectivity index (χ0v) is 11.2. The molecular formula is C14H20O4. The van der Waals surface area contributed by atoms with Gasteiger partial charge in [0, 0.05) is 6.61 Å². The van der Waals surface area contributed by atoms with Gasteiger partial charge in [-0.25, -0.2) is 0 Å². The SMILES string of the molecule is CCCOCCOc1cccc(OC)c1C(C)=O. The summed E-state index contributed by atoms with van der Waals surface area (Å²) in [6, 6.07) is 5.31. The van der Waals surface area contributed by atoms with E-state index >= 15 is 0 Å². The van der Waals surface area contributed by atoms with Crippen LogP contribution in [0.3, 0.4) is 0 Å². The zero-order chi connectivity index (χ0) is 13.4. The van der Waals surface area contributed by atoms with Crippen molar-refractivity contribution >= 4 is 5.78 Å². The predicted octanol–water partition coefficient (Wildman–Crippen LogP) is 2.70. The van der Waals surface area contributed by atoms with Crippen molar-refractivity contribution in [3.05, 3.63) is 23.8 Å². The van der Waals surface area contributed by atoms with Crippen molar-refractivity contribution < 1.29 is 19.0 Å². The molecule has 0 saturated heterocycles. The lowest BCUT2D eigenvalue weighted by atomic mass is 10.1. The fraction of sp³-hybridized carbons (Fsp3) is 0.500. The molecule has 0 heterocycles. The lowest BCUT2D eigenvalue weighted by molar-refractivity contribution is 0.0959. The predicted molar refractivity (Wildman–Crippen MR) is 69.6 cm³/mol. The monoisotopic (exact) mass is 252 g/mol. The normalized spacial score (nSPS) is 10.2. The van der Waals surface area contributed by atoms with Crippen molar-refractivity contribution in [1.82, 2.24) is 0 Å². The molecule has 0 aliphatic carbocycles. The van der Waals surface area contributed by atoms with Gasteiger partial charge in [-0.1, -0.05) is 13.0 Å². The molecule has 1 rings (SSSR count). The molecule has 0 unspecified atom stereocenters. The highest BCUT2D eigenvalue weighted by molar-refractivity contribution is 5.99. The number of rotatable bonds is 8. The minimum Gasteiger partial charge on any atom is -0.496 e. The van der Waals surface area contributed by atoms with E-state index in [1.54, 1.807) is 18.2 Å². The van der Waals surface area contributed by atoms with Crippen molar-refractivity contribution in [3.8, 4) is 11.5 Å². The fourth-order valence-electron chi connectivity index (χ4n) is 1.61. The zero-order valence-electron chi connectivity index (χ0n) is 11.2. The van der Waals surface area contributed by atoms with Crippen molar-refractivity contribution in [2.24, 2.45) is 0 Å². The number of carbonyl (C=O) groups is 1. The summed E-state index contributed by atoms with van der Waals surface area (Å²) in [6.07, 6.45) is 0.984. The molecule has 0 bridgehead atoms. The molecule has 4 nitrogen and oxygen atoms in total. The largest absolute Gasteiger partial charge is 0.496 e. The van der Waals surface area contributed by atoms with Crippen molar-refractivity contribution in [2.45, 2.75) is 20.3 Å². The molecule has 0 N–H and O–H groups in total. The Hall–Kier alpha value is -1.55. The number of Topliss-reactive ketones (excluding diaryl/α,β-unsaturated/α-hetero) is 1. The molecule has 18 heavy (non-hydrogen) atoms. The minimum absolute atomic E-state index is 0.0723. The van der Waals surface area contributed by atoms with Crippen molar-refractivity contribution in [2.75, 3.05) is 26.9 Å². The summed E-state index contributed by atoms with van der Waals surface area (Å²) in [5, 5.41) is 0. The van der Waals surface area contributed by atoms with E-state index in [0.29, 0.717) is 30.3 Å². The first-order valence-electron chi connectivity index (χ1n) is 6.09. The second-order valence-corrected chi connectivity index (χ2v) is 3.85. The molecule has 0 saturated carbocycles. The molecule has 0 aliphatic rings. The first kappa shape index (κ1) is 14.5. The number of hydrogen-bond acceptors (Lipinski definition) is 4. The molecule has 4 heteroatoms. The molecule has 0 aromatic heterocycles. The maximum atomic E-state index is 11.6. The fourth-order valence-corrected chi connectivity index (χ4v) is 1.61. The van der Waals surface area contributed by atoms with Gasteiger partial charge >= 0.3 is 0 Å². The highest BCUT2D eigenvalue weighted by atomic mass is 16.5. The average molecular weight is 252 g/mol. The van der Waals surface area contributed by atoms with Gasteiger partial charge in [-0.2, -0.15) is 0 Å². The Morgan fingerprint density at radius 2 is 1.89 bits per heavy atom. The summed E-state index contributed by atoms with van der Waals surface area (Å²) in [5.74, 6) is 1.01.